The van der Waals surface area contributed by atoms with E-state index in [1.54, 1.807) is 0 Å². The summed E-state index contributed by atoms with van der Waals surface area (Å²) >= 11 is 0. The van der Waals surface area contributed by atoms with Crippen LogP contribution in [0, 0.1) is 6.92 Å². The fraction of sp³-hybridized carbons (Fsp3) is 0.667. The van der Waals surface area contributed by atoms with Gasteiger partial charge in [-0.25, -0.2) is 0 Å². The van der Waals surface area contributed by atoms with Crippen LogP contribution < -0.4 is 5.32 Å². The Labute approximate surface area is 128 Å². The maximum absolute atomic E-state index is 5.40. The lowest BCUT2D eigenvalue weighted by atomic mass is 9.75. The summed E-state index contributed by atoms with van der Waals surface area (Å²) in [6, 6.07) is 10.3. The molecule has 0 aromatic heterocycles. The Bertz CT molecular complexity index is 433. The van der Waals surface area contributed by atoms with Gasteiger partial charge in [0.1, 0.15) is 0 Å². The normalized spacial score (nSPS) is 28.1. The number of nitrogens with one attached hydrogen (secondary N) is 1. The number of benzene rings is 1. The Morgan fingerprint density at radius 3 is 2.52 bits per heavy atom. The average molecular weight is 288 g/mol. The van der Waals surface area contributed by atoms with Crippen LogP contribution in [0.3, 0.4) is 0 Å². The molecule has 0 radical (unpaired) electrons. The van der Waals surface area contributed by atoms with Gasteiger partial charge in [-0.2, -0.15) is 0 Å². The predicted molar refractivity (Wildman–Crippen MR) is 86.8 cm³/mol. The Hall–Kier alpha value is -0.900. The molecule has 2 aliphatic rings. The van der Waals surface area contributed by atoms with E-state index in [9.17, 15) is 0 Å². The molecule has 3 rings (SSSR count). The molecule has 1 unspecified atom stereocenters. The fourth-order valence-electron chi connectivity index (χ4n) is 3.49. The first-order chi connectivity index (χ1) is 10.2. The van der Waals surface area contributed by atoms with E-state index in [0.29, 0.717) is 12.1 Å². The van der Waals surface area contributed by atoms with Crippen molar-refractivity contribution in [2.45, 2.75) is 44.7 Å². The minimum Gasteiger partial charge on any atom is -0.379 e. The molecule has 1 aliphatic carbocycles. The maximum atomic E-state index is 5.40. The van der Waals surface area contributed by atoms with Crippen molar-refractivity contribution in [3.63, 3.8) is 0 Å². The van der Waals surface area contributed by atoms with E-state index in [0.717, 1.165) is 38.8 Å². The van der Waals surface area contributed by atoms with Gasteiger partial charge in [-0.05, 0) is 38.2 Å². The molecule has 1 aromatic carbocycles. The summed E-state index contributed by atoms with van der Waals surface area (Å²) in [6.45, 7) is 9.58. The van der Waals surface area contributed by atoms with Crippen molar-refractivity contribution in [3.05, 3.63) is 35.4 Å². The molecule has 116 valence electrons. The van der Waals surface area contributed by atoms with E-state index in [2.05, 4.69) is 48.3 Å². The van der Waals surface area contributed by atoms with Crippen LogP contribution in [0.1, 0.15) is 36.8 Å². The first kappa shape index (κ1) is 15.0. The highest BCUT2D eigenvalue weighted by atomic mass is 16.5. The maximum Gasteiger partial charge on any atom is 0.0594 e. The lowest BCUT2D eigenvalue weighted by Gasteiger charge is -2.39. The van der Waals surface area contributed by atoms with Crippen molar-refractivity contribution in [1.82, 2.24) is 10.2 Å². The number of nitrogens with zero attached hydrogens (tertiary/aromatic N) is 1. The highest BCUT2D eigenvalue weighted by Crippen LogP contribution is 2.37. The molecule has 0 spiro atoms. The van der Waals surface area contributed by atoms with Gasteiger partial charge in [-0.3, -0.25) is 4.90 Å². The van der Waals surface area contributed by atoms with Crippen LogP contribution >= 0.6 is 0 Å². The molecule has 1 heterocycles. The Kier molecular flexibility index (Phi) is 4.94. The molecule has 2 fully saturated rings. The van der Waals surface area contributed by atoms with Crippen LogP contribution in [0.4, 0.5) is 0 Å². The van der Waals surface area contributed by atoms with Crippen LogP contribution in [0.5, 0.6) is 0 Å². The molecule has 1 N–H and O–H groups in total. The minimum atomic E-state index is 0.576. The second-order valence-corrected chi connectivity index (χ2v) is 6.76. The summed E-state index contributed by atoms with van der Waals surface area (Å²) < 4.78 is 5.40. The van der Waals surface area contributed by atoms with Gasteiger partial charge in [0.2, 0.25) is 0 Å². The van der Waals surface area contributed by atoms with E-state index < -0.39 is 0 Å². The number of ether oxygens (including phenoxy) is 1. The van der Waals surface area contributed by atoms with Crippen molar-refractivity contribution >= 4 is 0 Å². The monoisotopic (exact) mass is 288 g/mol. The second kappa shape index (κ2) is 6.91. The fourth-order valence-corrected chi connectivity index (χ4v) is 3.49. The van der Waals surface area contributed by atoms with Crippen molar-refractivity contribution in [1.29, 1.82) is 0 Å². The molecule has 1 saturated carbocycles. The summed E-state index contributed by atoms with van der Waals surface area (Å²) in [7, 11) is 0. The zero-order valence-electron chi connectivity index (χ0n) is 13.3. The molecular formula is C18H28N2O. The van der Waals surface area contributed by atoms with Gasteiger partial charge in [0.25, 0.3) is 0 Å². The topological polar surface area (TPSA) is 24.5 Å². The molecule has 0 amide bonds. The van der Waals surface area contributed by atoms with Gasteiger partial charge in [0.05, 0.1) is 13.2 Å². The summed E-state index contributed by atoms with van der Waals surface area (Å²) in [5, 5.41) is 3.79. The predicted octanol–water partition coefficient (Wildman–Crippen LogP) is 2.55. The standard InChI is InChI=1S/C18H28N2O/c1-14-3-5-16(6-4-14)17-11-18(12-17)19-15(2)13-20-7-9-21-10-8-20/h3-6,15,17-19H,7-13H2,1-2H3. The van der Waals surface area contributed by atoms with Gasteiger partial charge in [-0.1, -0.05) is 29.8 Å². The molecule has 3 heteroatoms. The van der Waals surface area contributed by atoms with Gasteiger partial charge in [0.15, 0.2) is 0 Å². The lowest BCUT2D eigenvalue weighted by molar-refractivity contribution is 0.0330. The van der Waals surface area contributed by atoms with E-state index in [-0.39, 0.29) is 0 Å². The average Bonchev–Trinajstić information content (AvgIpc) is 2.45. The zero-order chi connectivity index (χ0) is 14.7. The van der Waals surface area contributed by atoms with E-state index in [1.165, 1.54) is 24.0 Å². The Morgan fingerprint density at radius 1 is 1.19 bits per heavy atom. The zero-order valence-corrected chi connectivity index (χ0v) is 13.3. The second-order valence-electron chi connectivity index (χ2n) is 6.76. The van der Waals surface area contributed by atoms with Crippen LogP contribution in [-0.2, 0) is 4.74 Å². The first-order valence-electron chi connectivity index (χ1n) is 8.33. The quantitative estimate of drug-likeness (QED) is 0.901. The molecule has 21 heavy (non-hydrogen) atoms. The van der Waals surface area contributed by atoms with Crippen LogP contribution in [0.15, 0.2) is 24.3 Å². The minimum absolute atomic E-state index is 0.576. The van der Waals surface area contributed by atoms with E-state index in [1.807, 2.05) is 0 Å². The third kappa shape index (κ3) is 4.06. The largest absolute Gasteiger partial charge is 0.379 e. The molecule has 1 aromatic rings. The Morgan fingerprint density at radius 2 is 1.86 bits per heavy atom. The molecule has 1 aliphatic heterocycles. The van der Waals surface area contributed by atoms with E-state index in [4.69, 9.17) is 4.74 Å². The first-order valence-corrected chi connectivity index (χ1v) is 8.33. The number of hydrogen-bond acceptors (Lipinski definition) is 3. The lowest BCUT2D eigenvalue weighted by Crippen LogP contribution is -2.50. The molecule has 1 saturated heterocycles. The SMILES string of the molecule is Cc1ccc(C2CC(NC(C)CN3CCOCC3)C2)cc1. The highest BCUT2D eigenvalue weighted by molar-refractivity contribution is 5.26. The summed E-state index contributed by atoms with van der Waals surface area (Å²) in [5.41, 5.74) is 2.87. The number of rotatable bonds is 5. The third-order valence-electron chi connectivity index (χ3n) is 4.84. The highest BCUT2D eigenvalue weighted by Gasteiger charge is 2.31. The van der Waals surface area contributed by atoms with Gasteiger partial charge >= 0.3 is 0 Å². The summed E-state index contributed by atoms with van der Waals surface area (Å²) in [6.07, 6.45) is 2.58. The van der Waals surface area contributed by atoms with Crippen molar-refractivity contribution < 1.29 is 4.74 Å². The number of hydrogen-bond donors (Lipinski definition) is 1. The third-order valence-corrected chi connectivity index (χ3v) is 4.84. The molecular weight excluding hydrogens is 260 g/mol. The van der Waals surface area contributed by atoms with Crippen LogP contribution in [-0.4, -0.2) is 49.8 Å². The molecule has 3 nitrogen and oxygen atoms in total. The van der Waals surface area contributed by atoms with Crippen LogP contribution in [0.2, 0.25) is 0 Å². The Balaban J connectivity index is 1.38. The van der Waals surface area contributed by atoms with Crippen molar-refractivity contribution in [2.24, 2.45) is 0 Å². The summed E-state index contributed by atoms with van der Waals surface area (Å²) in [4.78, 5) is 2.51. The van der Waals surface area contributed by atoms with Gasteiger partial charge < -0.3 is 10.1 Å². The van der Waals surface area contributed by atoms with Gasteiger partial charge in [-0.15, -0.1) is 0 Å². The van der Waals surface area contributed by atoms with Crippen LogP contribution in [0.25, 0.3) is 0 Å². The molecule has 0 bridgehead atoms. The molecule has 1 atom stereocenters. The number of aryl methyl sites for hydroxylation is 1. The summed E-state index contributed by atoms with van der Waals surface area (Å²) in [5.74, 6) is 0.763. The van der Waals surface area contributed by atoms with Gasteiger partial charge in [0, 0.05) is 31.7 Å². The number of morpholine rings is 1. The van der Waals surface area contributed by atoms with E-state index >= 15 is 0 Å². The van der Waals surface area contributed by atoms with Crippen molar-refractivity contribution in [2.75, 3.05) is 32.8 Å². The smallest absolute Gasteiger partial charge is 0.0594 e. The van der Waals surface area contributed by atoms with Crippen molar-refractivity contribution in [3.8, 4) is 0 Å².